The van der Waals surface area contributed by atoms with Crippen LogP contribution in [0.3, 0.4) is 0 Å². The molecule has 0 aliphatic carbocycles. The lowest BCUT2D eigenvalue weighted by atomic mass is 10.1. The summed E-state index contributed by atoms with van der Waals surface area (Å²) >= 11 is 0. The van der Waals surface area contributed by atoms with Crippen molar-refractivity contribution in [3.05, 3.63) is 126 Å². The first kappa shape index (κ1) is 28.2. The molecule has 4 aromatic carbocycles. The van der Waals surface area contributed by atoms with Crippen molar-refractivity contribution in [1.29, 1.82) is 0 Å². The van der Waals surface area contributed by atoms with Gasteiger partial charge >= 0.3 is 0 Å². The molecule has 0 saturated carbocycles. The van der Waals surface area contributed by atoms with Gasteiger partial charge in [0.25, 0.3) is 21.8 Å². The number of hydrazone groups is 1. The fourth-order valence-corrected chi connectivity index (χ4v) is 5.14. The summed E-state index contributed by atoms with van der Waals surface area (Å²) in [5, 5.41) is 6.93. The summed E-state index contributed by atoms with van der Waals surface area (Å²) in [6.07, 6.45) is 0. The second-order valence-corrected chi connectivity index (χ2v) is 10.8. The number of benzene rings is 4. The van der Waals surface area contributed by atoms with Gasteiger partial charge in [0, 0.05) is 11.3 Å². The number of carbonyl (C=O) groups is 2. The topological polar surface area (TPSA) is 108 Å². The molecule has 40 heavy (non-hydrogen) atoms. The molecule has 0 unspecified atom stereocenters. The van der Waals surface area contributed by atoms with Crippen molar-refractivity contribution in [2.75, 3.05) is 16.2 Å². The van der Waals surface area contributed by atoms with Crippen molar-refractivity contribution in [2.45, 2.75) is 18.7 Å². The molecular formula is C30H27FN4O4S. The van der Waals surface area contributed by atoms with Gasteiger partial charge in [-0.2, -0.15) is 5.10 Å². The predicted octanol–water partition coefficient (Wildman–Crippen LogP) is 5.12. The highest BCUT2D eigenvalue weighted by atomic mass is 32.2. The molecule has 0 spiro atoms. The largest absolute Gasteiger partial charge is 0.322 e. The highest BCUT2D eigenvalue weighted by Gasteiger charge is 2.27. The summed E-state index contributed by atoms with van der Waals surface area (Å²) in [7, 11) is -4.18. The first-order valence-electron chi connectivity index (χ1n) is 12.3. The number of nitrogens with zero attached hydrogens (tertiary/aromatic N) is 2. The van der Waals surface area contributed by atoms with E-state index >= 15 is 0 Å². The zero-order chi connectivity index (χ0) is 28.7. The second kappa shape index (κ2) is 12.4. The minimum atomic E-state index is -4.18. The Hall–Kier alpha value is -4.83. The van der Waals surface area contributed by atoms with Gasteiger partial charge in [0.05, 0.1) is 16.3 Å². The molecule has 0 aliphatic heterocycles. The Labute approximate surface area is 232 Å². The van der Waals surface area contributed by atoms with Crippen LogP contribution in [-0.4, -0.2) is 32.5 Å². The zero-order valence-corrected chi connectivity index (χ0v) is 22.7. The number of nitrogens with one attached hydrogen (secondary N) is 2. The number of carbonyl (C=O) groups excluding carboxylic acids is 2. The third kappa shape index (κ3) is 6.97. The summed E-state index contributed by atoms with van der Waals surface area (Å²) in [4.78, 5) is 25.0. The van der Waals surface area contributed by atoms with Crippen molar-refractivity contribution in [1.82, 2.24) is 5.43 Å². The maximum atomic E-state index is 13.4. The Morgan fingerprint density at radius 1 is 0.825 bits per heavy atom. The number of amides is 2. The van der Waals surface area contributed by atoms with E-state index in [1.807, 2.05) is 13.0 Å². The van der Waals surface area contributed by atoms with Gasteiger partial charge in [0.2, 0.25) is 0 Å². The molecule has 0 aromatic heterocycles. The third-order valence-corrected chi connectivity index (χ3v) is 7.74. The summed E-state index contributed by atoms with van der Waals surface area (Å²) in [5.74, 6) is -1.48. The predicted molar refractivity (Wildman–Crippen MR) is 153 cm³/mol. The van der Waals surface area contributed by atoms with Crippen molar-refractivity contribution in [2.24, 2.45) is 5.10 Å². The van der Waals surface area contributed by atoms with E-state index in [-0.39, 0.29) is 16.5 Å². The molecule has 0 atom stereocenters. The molecule has 0 fully saturated rings. The molecule has 0 bridgehead atoms. The van der Waals surface area contributed by atoms with Gasteiger partial charge < -0.3 is 5.32 Å². The number of anilines is 2. The van der Waals surface area contributed by atoms with Crippen LogP contribution in [0.5, 0.6) is 0 Å². The SMILES string of the molecule is C/C(=N/NC(=O)CN(c1ccc(C)cc1)S(=O)(=O)c1ccc(F)cc1)c1ccc(NC(=O)c2ccccc2)cc1. The number of aryl methyl sites for hydroxylation is 1. The van der Waals surface area contributed by atoms with Gasteiger partial charge in [-0.1, -0.05) is 48.0 Å². The van der Waals surface area contributed by atoms with Crippen LogP contribution in [0.2, 0.25) is 0 Å². The number of rotatable bonds is 9. The average molecular weight is 559 g/mol. The van der Waals surface area contributed by atoms with Gasteiger partial charge in [0.15, 0.2) is 0 Å². The van der Waals surface area contributed by atoms with Gasteiger partial charge in [-0.3, -0.25) is 13.9 Å². The van der Waals surface area contributed by atoms with Gasteiger partial charge in [-0.15, -0.1) is 0 Å². The van der Waals surface area contributed by atoms with E-state index in [2.05, 4.69) is 15.8 Å². The molecule has 2 N–H and O–H groups in total. The number of sulfonamides is 1. The molecular weight excluding hydrogens is 531 g/mol. The van der Waals surface area contributed by atoms with Crippen LogP contribution < -0.4 is 15.0 Å². The number of hydrogen-bond acceptors (Lipinski definition) is 5. The van der Waals surface area contributed by atoms with Crippen LogP contribution in [0.25, 0.3) is 0 Å². The lowest BCUT2D eigenvalue weighted by molar-refractivity contribution is -0.119. The molecule has 4 aromatic rings. The highest BCUT2D eigenvalue weighted by Crippen LogP contribution is 2.24. The molecule has 204 valence electrons. The zero-order valence-electron chi connectivity index (χ0n) is 21.8. The Kier molecular flexibility index (Phi) is 8.70. The lowest BCUT2D eigenvalue weighted by Crippen LogP contribution is -2.39. The maximum Gasteiger partial charge on any atom is 0.264 e. The second-order valence-electron chi connectivity index (χ2n) is 8.93. The fourth-order valence-electron chi connectivity index (χ4n) is 3.72. The minimum absolute atomic E-state index is 0.151. The lowest BCUT2D eigenvalue weighted by Gasteiger charge is -2.24. The first-order chi connectivity index (χ1) is 19.1. The van der Waals surface area contributed by atoms with E-state index in [0.717, 1.165) is 34.1 Å². The van der Waals surface area contributed by atoms with Crippen LogP contribution in [0.4, 0.5) is 15.8 Å². The van der Waals surface area contributed by atoms with E-state index in [4.69, 9.17) is 0 Å². The molecule has 2 amide bonds. The van der Waals surface area contributed by atoms with Crippen LogP contribution >= 0.6 is 0 Å². The van der Waals surface area contributed by atoms with E-state index in [1.165, 1.54) is 0 Å². The smallest absolute Gasteiger partial charge is 0.264 e. The van der Waals surface area contributed by atoms with Crippen LogP contribution in [-0.2, 0) is 14.8 Å². The summed E-state index contributed by atoms with van der Waals surface area (Å²) in [6.45, 7) is 2.99. The van der Waals surface area contributed by atoms with E-state index in [0.29, 0.717) is 22.5 Å². The molecule has 0 aliphatic rings. The summed E-state index contributed by atoms with van der Waals surface area (Å²) in [6, 6.07) is 26.8. The first-order valence-corrected chi connectivity index (χ1v) is 13.7. The maximum absolute atomic E-state index is 13.4. The molecule has 0 radical (unpaired) electrons. The van der Waals surface area contributed by atoms with Gasteiger partial charge in [-0.25, -0.2) is 18.2 Å². The van der Waals surface area contributed by atoms with Gasteiger partial charge in [0.1, 0.15) is 12.4 Å². The Bertz CT molecular complexity index is 1620. The van der Waals surface area contributed by atoms with E-state index in [1.54, 1.807) is 79.7 Å². The van der Waals surface area contributed by atoms with Crippen molar-refractivity contribution >= 4 is 38.9 Å². The fraction of sp³-hybridized carbons (Fsp3) is 0.100. The van der Waals surface area contributed by atoms with Crippen molar-refractivity contribution in [3.8, 4) is 0 Å². The summed E-state index contributed by atoms with van der Waals surface area (Å²) < 4.78 is 41.1. The van der Waals surface area contributed by atoms with Gasteiger partial charge in [-0.05, 0) is 80.1 Å². The van der Waals surface area contributed by atoms with Crippen LogP contribution in [0.15, 0.2) is 113 Å². The normalized spacial score (nSPS) is 11.5. The monoisotopic (exact) mass is 558 g/mol. The van der Waals surface area contributed by atoms with E-state index < -0.39 is 28.3 Å². The third-order valence-electron chi connectivity index (χ3n) is 5.96. The number of halogens is 1. The molecule has 0 heterocycles. The summed E-state index contributed by atoms with van der Waals surface area (Å²) in [5.41, 5.74) is 5.88. The molecule has 8 nitrogen and oxygen atoms in total. The molecule has 0 saturated heterocycles. The minimum Gasteiger partial charge on any atom is -0.322 e. The van der Waals surface area contributed by atoms with Crippen LogP contribution in [0.1, 0.15) is 28.4 Å². The highest BCUT2D eigenvalue weighted by molar-refractivity contribution is 7.92. The quantitative estimate of drug-likeness (QED) is 0.220. The van der Waals surface area contributed by atoms with Crippen molar-refractivity contribution in [3.63, 3.8) is 0 Å². The number of hydrogen-bond donors (Lipinski definition) is 2. The standard InChI is InChI=1S/C30H27FN4O4S/c1-21-8-16-27(17-9-21)35(40(38,39)28-18-12-25(31)13-19-28)20-29(36)34-33-22(2)23-10-14-26(15-11-23)32-30(37)24-6-4-3-5-7-24/h3-19H,20H2,1-2H3,(H,32,37)(H,34,36)/b33-22-. The van der Waals surface area contributed by atoms with Crippen molar-refractivity contribution < 1.29 is 22.4 Å². The van der Waals surface area contributed by atoms with Crippen LogP contribution in [0, 0.1) is 12.7 Å². The van der Waals surface area contributed by atoms with E-state index in [9.17, 15) is 22.4 Å². The average Bonchev–Trinajstić information content (AvgIpc) is 2.96. The molecule has 10 heteroatoms. The Balaban J connectivity index is 1.46. The Morgan fingerprint density at radius 3 is 2.08 bits per heavy atom. The Morgan fingerprint density at radius 2 is 1.45 bits per heavy atom. The molecule has 4 rings (SSSR count).